The number of nitrogens with zero attached hydrogens (tertiary/aromatic N) is 1. The molecule has 1 heterocycles. The van der Waals surface area contributed by atoms with E-state index in [0.717, 1.165) is 0 Å². The third-order valence-electron chi connectivity index (χ3n) is 2.27. The number of aromatic nitrogens is 1. The number of hydrogen-bond donors (Lipinski definition) is 2. The molecule has 98 valence electrons. The molecule has 1 aromatic carbocycles. The summed E-state index contributed by atoms with van der Waals surface area (Å²) in [6.45, 7) is -0.502. The fraction of sp³-hybridized carbons (Fsp3) is 0.0833. The van der Waals surface area contributed by atoms with Gasteiger partial charge in [-0.05, 0) is 24.3 Å². The molecule has 0 atom stereocenters. The summed E-state index contributed by atoms with van der Waals surface area (Å²) in [5.74, 6) is -1.90. The van der Waals surface area contributed by atoms with Crippen LogP contribution in [0.5, 0.6) is 0 Å². The van der Waals surface area contributed by atoms with Crippen LogP contribution in [0.1, 0.15) is 10.5 Å². The molecule has 0 aliphatic heterocycles. The zero-order valence-electron chi connectivity index (χ0n) is 9.59. The monoisotopic (exact) mass is 264 g/mol. The molecule has 0 unspecified atom stereocenters. The molecule has 2 N–H and O–H groups in total. The highest BCUT2D eigenvalue weighted by Gasteiger charge is 2.14. The highest BCUT2D eigenvalue weighted by molar-refractivity contribution is 5.94. The zero-order chi connectivity index (χ0) is 13.8. The standard InChI is InChI=1S/C12H9FN2O4/c13-8-3-1-7(2-4-8)10-5-9(15-19-10)12(18)14-6-11(16)17/h1-5H,6H2,(H,14,18)(H,16,17). The molecule has 2 aromatic rings. The van der Waals surface area contributed by atoms with E-state index in [-0.39, 0.29) is 11.5 Å². The maximum atomic E-state index is 12.7. The van der Waals surface area contributed by atoms with Crippen LogP contribution in [0, 0.1) is 5.82 Å². The first kappa shape index (κ1) is 12.7. The lowest BCUT2D eigenvalue weighted by molar-refractivity contribution is -0.135. The van der Waals surface area contributed by atoms with Gasteiger partial charge in [0, 0.05) is 11.6 Å². The lowest BCUT2D eigenvalue weighted by atomic mass is 10.1. The van der Waals surface area contributed by atoms with Gasteiger partial charge in [-0.15, -0.1) is 0 Å². The van der Waals surface area contributed by atoms with Gasteiger partial charge in [-0.3, -0.25) is 9.59 Å². The van der Waals surface area contributed by atoms with Crippen LogP contribution in [0.2, 0.25) is 0 Å². The SMILES string of the molecule is O=C(O)CNC(=O)c1cc(-c2ccc(F)cc2)on1. The van der Waals surface area contributed by atoms with Crippen molar-refractivity contribution in [3.8, 4) is 11.3 Å². The Morgan fingerprint density at radius 2 is 2.00 bits per heavy atom. The number of carbonyl (C=O) groups is 2. The van der Waals surface area contributed by atoms with Crippen LogP contribution in [0.25, 0.3) is 11.3 Å². The van der Waals surface area contributed by atoms with E-state index in [2.05, 4.69) is 10.5 Å². The van der Waals surface area contributed by atoms with Crippen molar-refractivity contribution in [3.05, 3.63) is 41.8 Å². The maximum absolute atomic E-state index is 12.7. The molecule has 1 aromatic heterocycles. The highest BCUT2D eigenvalue weighted by Crippen LogP contribution is 2.20. The van der Waals surface area contributed by atoms with Gasteiger partial charge in [0.25, 0.3) is 5.91 Å². The predicted octanol–water partition coefficient (Wildman–Crippen LogP) is 1.30. The van der Waals surface area contributed by atoms with Crippen LogP contribution < -0.4 is 5.32 Å². The fourth-order valence-corrected chi connectivity index (χ4v) is 1.38. The van der Waals surface area contributed by atoms with Gasteiger partial charge >= 0.3 is 5.97 Å². The molecule has 2 rings (SSSR count). The number of carboxylic acids is 1. The topological polar surface area (TPSA) is 92.4 Å². The van der Waals surface area contributed by atoms with Crippen LogP contribution in [0.4, 0.5) is 4.39 Å². The summed E-state index contributed by atoms with van der Waals surface area (Å²) in [5, 5.41) is 14.1. The molecule has 0 spiro atoms. The minimum absolute atomic E-state index is 0.0411. The summed E-state index contributed by atoms with van der Waals surface area (Å²) in [6, 6.07) is 6.82. The summed E-state index contributed by atoms with van der Waals surface area (Å²) < 4.78 is 17.7. The van der Waals surface area contributed by atoms with E-state index >= 15 is 0 Å². The molecule has 0 bridgehead atoms. The van der Waals surface area contributed by atoms with Crippen molar-refractivity contribution in [3.63, 3.8) is 0 Å². The van der Waals surface area contributed by atoms with Crippen molar-refractivity contribution < 1.29 is 23.6 Å². The van der Waals surface area contributed by atoms with E-state index in [1.807, 2.05) is 0 Å². The van der Waals surface area contributed by atoms with E-state index in [1.54, 1.807) is 0 Å². The van der Waals surface area contributed by atoms with Gasteiger partial charge in [0.15, 0.2) is 11.5 Å². The molecule has 19 heavy (non-hydrogen) atoms. The Bertz CT molecular complexity index is 606. The van der Waals surface area contributed by atoms with Gasteiger partial charge in [-0.1, -0.05) is 5.16 Å². The second-order valence-electron chi connectivity index (χ2n) is 3.66. The minimum atomic E-state index is -1.16. The molecule has 0 aliphatic carbocycles. The molecular formula is C12H9FN2O4. The molecule has 0 saturated heterocycles. The van der Waals surface area contributed by atoms with Gasteiger partial charge in [0.1, 0.15) is 12.4 Å². The van der Waals surface area contributed by atoms with E-state index < -0.39 is 18.4 Å². The van der Waals surface area contributed by atoms with Crippen molar-refractivity contribution >= 4 is 11.9 Å². The van der Waals surface area contributed by atoms with Crippen LogP contribution >= 0.6 is 0 Å². The second kappa shape index (κ2) is 5.30. The average Bonchev–Trinajstić information content (AvgIpc) is 2.86. The van der Waals surface area contributed by atoms with Crippen molar-refractivity contribution in [2.24, 2.45) is 0 Å². The number of carboxylic acid groups (broad SMARTS) is 1. The summed E-state index contributed by atoms with van der Waals surface area (Å²) in [5.41, 5.74) is 0.520. The predicted molar refractivity (Wildman–Crippen MR) is 61.9 cm³/mol. The highest BCUT2D eigenvalue weighted by atomic mass is 19.1. The van der Waals surface area contributed by atoms with Gasteiger partial charge in [0.2, 0.25) is 0 Å². The van der Waals surface area contributed by atoms with Crippen LogP contribution in [-0.4, -0.2) is 28.7 Å². The largest absolute Gasteiger partial charge is 0.480 e. The number of nitrogens with one attached hydrogen (secondary N) is 1. The third kappa shape index (κ3) is 3.15. The first-order valence-electron chi connectivity index (χ1n) is 5.29. The molecule has 0 radical (unpaired) electrons. The smallest absolute Gasteiger partial charge is 0.322 e. The maximum Gasteiger partial charge on any atom is 0.322 e. The molecule has 7 heteroatoms. The van der Waals surface area contributed by atoms with Gasteiger partial charge in [-0.2, -0.15) is 0 Å². The van der Waals surface area contributed by atoms with Crippen molar-refractivity contribution in [1.29, 1.82) is 0 Å². The van der Waals surface area contributed by atoms with Crippen LogP contribution in [-0.2, 0) is 4.79 Å². The number of benzene rings is 1. The number of aliphatic carboxylic acids is 1. The summed E-state index contributed by atoms with van der Waals surface area (Å²) in [6.07, 6.45) is 0. The zero-order valence-corrected chi connectivity index (χ0v) is 9.59. The quantitative estimate of drug-likeness (QED) is 0.868. The Morgan fingerprint density at radius 3 is 2.63 bits per heavy atom. The number of amides is 1. The number of hydrogen-bond acceptors (Lipinski definition) is 4. The van der Waals surface area contributed by atoms with Crippen LogP contribution in [0.3, 0.4) is 0 Å². The van der Waals surface area contributed by atoms with Crippen molar-refractivity contribution in [2.75, 3.05) is 6.54 Å². The summed E-state index contributed by atoms with van der Waals surface area (Å²) in [7, 11) is 0. The molecular weight excluding hydrogens is 255 g/mol. The Kier molecular flexibility index (Phi) is 3.56. The van der Waals surface area contributed by atoms with Gasteiger partial charge < -0.3 is 14.9 Å². The molecule has 6 nitrogen and oxygen atoms in total. The first-order chi connectivity index (χ1) is 9.06. The van der Waals surface area contributed by atoms with E-state index in [4.69, 9.17) is 9.63 Å². The fourth-order valence-electron chi connectivity index (χ4n) is 1.38. The number of halogens is 1. The van der Waals surface area contributed by atoms with E-state index in [1.165, 1.54) is 30.3 Å². The number of rotatable bonds is 4. The average molecular weight is 264 g/mol. The summed E-state index contributed by atoms with van der Waals surface area (Å²) in [4.78, 5) is 21.8. The minimum Gasteiger partial charge on any atom is -0.480 e. The lowest BCUT2D eigenvalue weighted by Gasteiger charge is -1.96. The van der Waals surface area contributed by atoms with Gasteiger partial charge in [-0.25, -0.2) is 4.39 Å². The van der Waals surface area contributed by atoms with Crippen LogP contribution in [0.15, 0.2) is 34.9 Å². The Hall–Kier alpha value is -2.70. The van der Waals surface area contributed by atoms with E-state index in [0.29, 0.717) is 11.3 Å². The third-order valence-corrected chi connectivity index (χ3v) is 2.27. The van der Waals surface area contributed by atoms with Crippen molar-refractivity contribution in [1.82, 2.24) is 10.5 Å². The second-order valence-corrected chi connectivity index (χ2v) is 3.66. The van der Waals surface area contributed by atoms with E-state index in [9.17, 15) is 14.0 Å². The summed E-state index contributed by atoms with van der Waals surface area (Å²) >= 11 is 0. The molecule has 0 aliphatic rings. The lowest BCUT2D eigenvalue weighted by Crippen LogP contribution is -2.29. The molecule has 0 fully saturated rings. The molecule has 0 saturated carbocycles. The van der Waals surface area contributed by atoms with Crippen molar-refractivity contribution in [2.45, 2.75) is 0 Å². The molecule has 1 amide bonds. The first-order valence-corrected chi connectivity index (χ1v) is 5.29. The van der Waals surface area contributed by atoms with Gasteiger partial charge in [0.05, 0.1) is 0 Å². The normalized spacial score (nSPS) is 10.2. The Balaban J connectivity index is 2.12. The Labute approximate surface area is 106 Å². The Morgan fingerprint density at radius 1 is 1.32 bits per heavy atom. The number of carbonyl (C=O) groups excluding carboxylic acids is 1.